The van der Waals surface area contributed by atoms with Crippen molar-refractivity contribution in [1.82, 2.24) is 4.98 Å². The first-order chi connectivity index (χ1) is 5.59. The zero-order chi connectivity index (χ0) is 9.14. The van der Waals surface area contributed by atoms with Gasteiger partial charge in [-0.1, -0.05) is 11.6 Å². The van der Waals surface area contributed by atoms with Crippen LogP contribution in [-0.2, 0) is 4.79 Å². The van der Waals surface area contributed by atoms with E-state index in [0.717, 1.165) is 0 Å². The predicted molar refractivity (Wildman–Crippen MR) is 45.2 cm³/mol. The Morgan fingerprint density at radius 1 is 1.75 bits per heavy atom. The molecule has 4 nitrogen and oxygen atoms in total. The van der Waals surface area contributed by atoms with Crippen LogP contribution in [0, 0.1) is 0 Å². The highest BCUT2D eigenvalue weighted by Gasteiger charge is 2.03. The number of nitrogens with zero attached hydrogens (tertiary/aromatic N) is 1. The van der Waals surface area contributed by atoms with Gasteiger partial charge in [0.1, 0.15) is 0 Å². The molecule has 0 aliphatic carbocycles. The van der Waals surface area contributed by atoms with Gasteiger partial charge in [-0.05, 0) is 0 Å². The lowest BCUT2D eigenvalue weighted by atomic mass is 10.4. The van der Waals surface area contributed by atoms with E-state index in [1.807, 2.05) is 0 Å². The number of hydrogen-bond acceptors (Lipinski definition) is 3. The molecule has 0 unspecified atom stereocenters. The highest BCUT2D eigenvalue weighted by Crippen LogP contribution is 2.23. The average Bonchev–Trinajstić information content (AvgIpc) is 1.94. The van der Waals surface area contributed by atoms with E-state index in [1.54, 1.807) is 0 Å². The minimum Gasteiger partial charge on any atom is -0.504 e. The van der Waals surface area contributed by atoms with E-state index in [2.05, 4.69) is 10.3 Å². The number of halogens is 1. The lowest BCUT2D eigenvalue weighted by molar-refractivity contribution is -0.114. The molecule has 12 heavy (non-hydrogen) atoms. The van der Waals surface area contributed by atoms with Crippen molar-refractivity contribution in [2.45, 2.75) is 6.92 Å². The molecule has 0 aliphatic heterocycles. The predicted octanol–water partition coefficient (Wildman–Crippen LogP) is 1.40. The molecular weight excluding hydrogens is 180 g/mol. The van der Waals surface area contributed by atoms with Gasteiger partial charge in [-0.2, -0.15) is 0 Å². The molecule has 0 spiro atoms. The normalized spacial score (nSPS) is 9.50. The monoisotopic (exact) mass is 186 g/mol. The number of carbonyl (C=O) groups excluding carboxylic acids is 1. The van der Waals surface area contributed by atoms with Gasteiger partial charge >= 0.3 is 0 Å². The summed E-state index contributed by atoms with van der Waals surface area (Å²) in [4.78, 5) is 14.3. The van der Waals surface area contributed by atoms with Crippen LogP contribution in [0.15, 0.2) is 12.3 Å². The third kappa shape index (κ3) is 2.10. The Bertz CT molecular complexity index is 314. The van der Waals surface area contributed by atoms with Gasteiger partial charge in [0, 0.05) is 19.2 Å². The molecule has 5 heteroatoms. The maximum atomic E-state index is 10.6. The molecule has 0 saturated carbocycles. The third-order valence-corrected chi connectivity index (χ3v) is 1.34. The Labute approximate surface area is 74.2 Å². The number of carbonyl (C=O) groups is 1. The Morgan fingerprint density at radius 2 is 2.42 bits per heavy atom. The van der Waals surface area contributed by atoms with Gasteiger partial charge in [-0.25, -0.2) is 4.98 Å². The van der Waals surface area contributed by atoms with Crippen molar-refractivity contribution in [3.63, 3.8) is 0 Å². The second-order valence-corrected chi connectivity index (χ2v) is 2.64. The van der Waals surface area contributed by atoms with Crippen LogP contribution in [0.4, 0.5) is 5.82 Å². The number of hydrogen-bond donors (Lipinski definition) is 2. The smallest absolute Gasteiger partial charge is 0.222 e. The average molecular weight is 187 g/mol. The molecule has 0 radical (unpaired) electrons. The van der Waals surface area contributed by atoms with E-state index < -0.39 is 0 Å². The Hall–Kier alpha value is -1.29. The zero-order valence-corrected chi connectivity index (χ0v) is 7.09. The van der Waals surface area contributed by atoms with E-state index in [-0.39, 0.29) is 17.5 Å². The molecule has 1 amide bonds. The van der Waals surface area contributed by atoms with Gasteiger partial charge in [0.15, 0.2) is 11.6 Å². The maximum absolute atomic E-state index is 10.6. The van der Waals surface area contributed by atoms with Crippen LogP contribution in [0.5, 0.6) is 5.75 Å². The highest BCUT2D eigenvalue weighted by atomic mass is 35.5. The minimum absolute atomic E-state index is 0.118. The molecular formula is C7H7ClN2O2. The van der Waals surface area contributed by atoms with Crippen LogP contribution in [0.25, 0.3) is 0 Å². The summed E-state index contributed by atoms with van der Waals surface area (Å²) in [5.74, 6) is -0.315. The molecule has 1 heterocycles. The van der Waals surface area contributed by atoms with Gasteiger partial charge in [-0.15, -0.1) is 0 Å². The molecule has 64 valence electrons. The quantitative estimate of drug-likeness (QED) is 0.697. The van der Waals surface area contributed by atoms with E-state index in [1.165, 1.54) is 19.2 Å². The van der Waals surface area contributed by atoms with Crippen LogP contribution in [0.1, 0.15) is 6.92 Å². The first-order valence-electron chi connectivity index (χ1n) is 3.21. The summed E-state index contributed by atoms with van der Waals surface area (Å²) < 4.78 is 0. The number of amides is 1. The summed E-state index contributed by atoms with van der Waals surface area (Å²) in [6, 6.07) is 1.31. The topological polar surface area (TPSA) is 62.2 Å². The zero-order valence-electron chi connectivity index (χ0n) is 6.34. The summed E-state index contributed by atoms with van der Waals surface area (Å²) in [5, 5.41) is 11.8. The van der Waals surface area contributed by atoms with Crippen molar-refractivity contribution >= 4 is 23.3 Å². The summed E-state index contributed by atoms with van der Waals surface area (Å²) in [7, 11) is 0. The minimum atomic E-state index is -0.292. The van der Waals surface area contributed by atoms with Crippen molar-refractivity contribution in [3.05, 3.63) is 17.3 Å². The lowest BCUT2D eigenvalue weighted by Crippen LogP contribution is -2.07. The molecule has 1 aromatic rings. The standard InChI is InChI=1S/C7H7ClN2O2/c1-4(11)10-7-6(12)2-5(8)3-9-7/h2-3,12H,1H3,(H,9,10,11). The van der Waals surface area contributed by atoms with E-state index in [9.17, 15) is 9.90 Å². The summed E-state index contributed by atoms with van der Waals surface area (Å²) >= 11 is 5.52. The van der Waals surface area contributed by atoms with Gasteiger partial charge in [0.05, 0.1) is 5.02 Å². The van der Waals surface area contributed by atoms with Gasteiger partial charge in [-0.3, -0.25) is 4.79 Å². The molecule has 2 N–H and O–H groups in total. The van der Waals surface area contributed by atoms with E-state index in [0.29, 0.717) is 5.02 Å². The van der Waals surface area contributed by atoms with Gasteiger partial charge in [0.25, 0.3) is 0 Å². The first-order valence-corrected chi connectivity index (χ1v) is 3.59. The highest BCUT2D eigenvalue weighted by molar-refractivity contribution is 6.30. The molecule has 1 aromatic heterocycles. The third-order valence-electron chi connectivity index (χ3n) is 1.13. The van der Waals surface area contributed by atoms with Gasteiger partial charge in [0.2, 0.25) is 5.91 Å². The van der Waals surface area contributed by atoms with Crippen molar-refractivity contribution in [1.29, 1.82) is 0 Å². The first kappa shape index (κ1) is 8.80. The number of pyridine rings is 1. The number of anilines is 1. The second-order valence-electron chi connectivity index (χ2n) is 2.20. The van der Waals surface area contributed by atoms with Crippen LogP contribution < -0.4 is 5.32 Å². The Morgan fingerprint density at radius 3 is 2.92 bits per heavy atom. The Kier molecular flexibility index (Phi) is 2.50. The van der Waals surface area contributed by atoms with Crippen molar-refractivity contribution in [2.75, 3.05) is 5.32 Å². The summed E-state index contributed by atoms with van der Waals surface area (Å²) in [6.07, 6.45) is 1.34. The number of aromatic nitrogens is 1. The van der Waals surface area contributed by atoms with E-state index in [4.69, 9.17) is 11.6 Å². The van der Waals surface area contributed by atoms with Crippen LogP contribution in [-0.4, -0.2) is 16.0 Å². The van der Waals surface area contributed by atoms with Crippen LogP contribution in [0.3, 0.4) is 0 Å². The Balaban J connectivity index is 2.93. The summed E-state index contributed by atoms with van der Waals surface area (Å²) in [5.41, 5.74) is 0. The fourth-order valence-electron chi connectivity index (χ4n) is 0.692. The van der Waals surface area contributed by atoms with Crippen molar-refractivity contribution < 1.29 is 9.90 Å². The maximum Gasteiger partial charge on any atom is 0.222 e. The molecule has 0 aromatic carbocycles. The second kappa shape index (κ2) is 3.40. The van der Waals surface area contributed by atoms with Crippen LogP contribution >= 0.6 is 11.6 Å². The van der Waals surface area contributed by atoms with Crippen molar-refractivity contribution in [3.8, 4) is 5.75 Å². The SMILES string of the molecule is CC(=O)Nc1ncc(Cl)cc1O. The number of rotatable bonds is 1. The fraction of sp³-hybridized carbons (Fsp3) is 0.143. The molecule has 0 bridgehead atoms. The summed E-state index contributed by atoms with van der Waals surface area (Å²) in [6.45, 7) is 1.33. The van der Waals surface area contributed by atoms with E-state index >= 15 is 0 Å². The largest absolute Gasteiger partial charge is 0.504 e. The molecule has 1 rings (SSSR count). The molecule has 0 atom stereocenters. The van der Waals surface area contributed by atoms with Crippen molar-refractivity contribution in [2.24, 2.45) is 0 Å². The number of aromatic hydroxyl groups is 1. The lowest BCUT2D eigenvalue weighted by Gasteiger charge is -2.02. The molecule has 0 fully saturated rings. The fourth-order valence-corrected chi connectivity index (χ4v) is 0.844. The molecule has 0 aliphatic rings. The van der Waals surface area contributed by atoms with Gasteiger partial charge < -0.3 is 10.4 Å². The number of nitrogens with one attached hydrogen (secondary N) is 1. The van der Waals surface area contributed by atoms with Crippen LogP contribution in [0.2, 0.25) is 5.02 Å². The molecule has 0 saturated heterocycles.